The van der Waals surface area contributed by atoms with E-state index >= 15 is 0 Å². The van der Waals surface area contributed by atoms with Crippen molar-refractivity contribution < 1.29 is 5.11 Å². The van der Waals surface area contributed by atoms with Crippen molar-refractivity contribution in [2.45, 2.75) is 31.4 Å². The van der Waals surface area contributed by atoms with Crippen LogP contribution in [-0.2, 0) is 12.1 Å². The van der Waals surface area contributed by atoms with Crippen molar-refractivity contribution in [1.29, 1.82) is 0 Å². The lowest BCUT2D eigenvalue weighted by Gasteiger charge is -2.42. The standard InChI is InChI=1S/C29H31N3O3/c33-27-25-14-7-8-15-26(25)32(28(34)30-27)19-9-18-31-20-16-24(17-21-31)29(35,22-10-3-1-4-11-22)23-12-5-2-6-13-23/h1-8,10-15,24,35H,9,16-21H2,(H,30,33,34). The van der Waals surface area contributed by atoms with E-state index in [1.54, 1.807) is 10.6 Å². The predicted molar refractivity (Wildman–Crippen MR) is 138 cm³/mol. The summed E-state index contributed by atoms with van der Waals surface area (Å²) >= 11 is 0. The highest BCUT2D eigenvalue weighted by Crippen LogP contribution is 2.41. The second-order valence-corrected chi connectivity index (χ2v) is 9.40. The highest BCUT2D eigenvalue weighted by atomic mass is 16.3. The van der Waals surface area contributed by atoms with E-state index in [1.807, 2.05) is 78.9 Å². The Labute approximate surface area is 204 Å². The molecule has 1 saturated heterocycles. The highest BCUT2D eigenvalue weighted by Gasteiger charge is 2.41. The summed E-state index contributed by atoms with van der Waals surface area (Å²) in [5.74, 6) is 0.120. The van der Waals surface area contributed by atoms with Crippen LogP contribution in [0.2, 0.25) is 0 Å². The first-order valence-corrected chi connectivity index (χ1v) is 12.3. The first-order valence-electron chi connectivity index (χ1n) is 12.3. The largest absolute Gasteiger partial charge is 0.380 e. The Morgan fingerprint density at radius 2 is 1.37 bits per heavy atom. The van der Waals surface area contributed by atoms with Crippen LogP contribution in [0.25, 0.3) is 10.9 Å². The Balaban J connectivity index is 1.26. The third-order valence-corrected chi connectivity index (χ3v) is 7.37. The summed E-state index contributed by atoms with van der Waals surface area (Å²) < 4.78 is 1.66. The predicted octanol–water partition coefficient (Wildman–Crippen LogP) is 3.73. The van der Waals surface area contributed by atoms with Crippen molar-refractivity contribution in [1.82, 2.24) is 14.5 Å². The number of hydrogen-bond donors (Lipinski definition) is 2. The average Bonchev–Trinajstić information content (AvgIpc) is 2.91. The van der Waals surface area contributed by atoms with E-state index in [2.05, 4.69) is 9.88 Å². The number of nitrogens with zero attached hydrogens (tertiary/aromatic N) is 2. The van der Waals surface area contributed by atoms with Crippen molar-refractivity contribution >= 4 is 10.9 Å². The third-order valence-electron chi connectivity index (χ3n) is 7.37. The number of likely N-dealkylation sites (tertiary alicyclic amines) is 1. The van der Waals surface area contributed by atoms with Gasteiger partial charge < -0.3 is 10.0 Å². The zero-order valence-corrected chi connectivity index (χ0v) is 19.8. The number of para-hydroxylation sites is 1. The van der Waals surface area contributed by atoms with Crippen LogP contribution in [0.4, 0.5) is 0 Å². The number of aromatic amines is 1. The number of fused-ring (bicyclic) bond motifs is 1. The number of aliphatic hydroxyl groups is 1. The maximum Gasteiger partial charge on any atom is 0.328 e. The Morgan fingerprint density at radius 3 is 2.00 bits per heavy atom. The lowest BCUT2D eigenvalue weighted by Crippen LogP contribution is -2.44. The van der Waals surface area contributed by atoms with Crippen molar-refractivity contribution in [3.8, 4) is 0 Å². The van der Waals surface area contributed by atoms with Gasteiger partial charge in [-0.05, 0) is 68.1 Å². The van der Waals surface area contributed by atoms with Gasteiger partial charge in [0, 0.05) is 6.54 Å². The van der Waals surface area contributed by atoms with Gasteiger partial charge in [-0.1, -0.05) is 72.8 Å². The number of benzene rings is 3. The molecule has 0 radical (unpaired) electrons. The van der Waals surface area contributed by atoms with Gasteiger partial charge in [-0.3, -0.25) is 14.3 Å². The number of nitrogens with one attached hydrogen (secondary N) is 1. The topological polar surface area (TPSA) is 78.3 Å². The van der Waals surface area contributed by atoms with Crippen molar-refractivity contribution in [3.05, 3.63) is 117 Å². The first-order chi connectivity index (χ1) is 17.1. The van der Waals surface area contributed by atoms with Gasteiger partial charge in [-0.15, -0.1) is 0 Å². The molecule has 0 amide bonds. The van der Waals surface area contributed by atoms with Crippen LogP contribution in [0.15, 0.2) is 94.5 Å². The Morgan fingerprint density at radius 1 is 0.800 bits per heavy atom. The number of aryl methyl sites for hydroxylation is 1. The van der Waals surface area contributed by atoms with Gasteiger partial charge in [-0.2, -0.15) is 0 Å². The zero-order valence-electron chi connectivity index (χ0n) is 19.8. The Hall–Kier alpha value is -3.48. The SMILES string of the molecule is O=c1[nH]c(=O)n(CCCN2CCC(C(O)(c3ccccc3)c3ccccc3)CC2)c2ccccc12. The molecule has 5 rings (SSSR count). The van der Waals surface area contributed by atoms with Gasteiger partial charge in [0.15, 0.2) is 0 Å². The second kappa shape index (κ2) is 10.0. The lowest BCUT2D eigenvalue weighted by molar-refractivity contribution is -0.0143. The van der Waals surface area contributed by atoms with E-state index in [0.717, 1.165) is 50.0 Å². The van der Waals surface area contributed by atoms with Gasteiger partial charge in [-0.25, -0.2) is 4.79 Å². The van der Waals surface area contributed by atoms with Crippen LogP contribution in [0, 0.1) is 5.92 Å². The molecule has 0 atom stereocenters. The molecule has 4 aromatic rings. The number of rotatable bonds is 7. The van der Waals surface area contributed by atoms with Gasteiger partial charge in [0.2, 0.25) is 0 Å². The molecule has 0 aliphatic carbocycles. The normalized spacial score (nSPS) is 15.5. The summed E-state index contributed by atoms with van der Waals surface area (Å²) in [5, 5.41) is 12.6. The minimum atomic E-state index is -1.02. The van der Waals surface area contributed by atoms with Gasteiger partial charge in [0.25, 0.3) is 5.56 Å². The summed E-state index contributed by atoms with van der Waals surface area (Å²) in [5.41, 5.74) is 0.839. The Kier molecular flexibility index (Phi) is 6.66. The fraction of sp³-hybridized carbons (Fsp3) is 0.310. The molecule has 180 valence electrons. The molecule has 35 heavy (non-hydrogen) atoms. The van der Waals surface area contributed by atoms with Gasteiger partial charge in [0.1, 0.15) is 5.60 Å². The van der Waals surface area contributed by atoms with Crippen molar-refractivity contribution in [2.24, 2.45) is 5.92 Å². The second-order valence-electron chi connectivity index (χ2n) is 9.40. The van der Waals surface area contributed by atoms with E-state index in [0.29, 0.717) is 17.4 Å². The summed E-state index contributed by atoms with van der Waals surface area (Å²) in [4.78, 5) is 29.4. The molecule has 2 heterocycles. The highest BCUT2D eigenvalue weighted by molar-refractivity contribution is 5.77. The zero-order chi connectivity index (χ0) is 24.3. The van der Waals surface area contributed by atoms with Crippen LogP contribution in [0.3, 0.4) is 0 Å². The third kappa shape index (κ3) is 4.59. The molecule has 1 aromatic heterocycles. The molecule has 1 aliphatic rings. The van der Waals surface area contributed by atoms with Gasteiger partial charge >= 0.3 is 5.69 Å². The number of hydrogen-bond acceptors (Lipinski definition) is 4. The lowest BCUT2D eigenvalue weighted by atomic mass is 9.72. The molecule has 2 N–H and O–H groups in total. The smallest absolute Gasteiger partial charge is 0.328 e. The molecule has 0 unspecified atom stereocenters. The molecule has 6 nitrogen and oxygen atoms in total. The maximum absolute atomic E-state index is 12.4. The van der Waals surface area contributed by atoms with E-state index in [-0.39, 0.29) is 17.2 Å². The fourth-order valence-electron chi connectivity index (χ4n) is 5.51. The van der Waals surface area contributed by atoms with E-state index in [1.165, 1.54) is 0 Å². The molecule has 0 saturated carbocycles. The van der Waals surface area contributed by atoms with Crippen molar-refractivity contribution in [2.75, 3.05) is 19.6 Å². The van der Waals surface area contributed by atoms with Crippen LogP contribution >= 0.6 is 0 Å². The number of H-pyrrole nitrogens is 1. The Bertz CT molecular complexity index is 1350. The minimum absolute atomic E-state index is 0.120. The summed E-state index contributed by atoms with van der Waals surface area (Å²) in [6, 6.07) is 27.2. The summed E-state index contributed by atoms with van der Waals surface area (Å²) in [6.07, 6.45) is 2.59. The number of aromatic nitrogens is 2. The molecule has 1 aliphatic heterocycles. The molecular weight excluding hydrogens is 438 g/mol. The quantitative estimate of drug-likeness (QED) is 0.432. The minimum Gasteiger partial charge on any atom is -0.380 e. The van der Waals surface area contributed by atoms with Crippen LogP contribution < -0.4 is 11.2 Å². The van der Waals surface area contributed by atoms with E-state index < -0.39 is 5.60 Å². The molecule has 0 bridgehead atoms. The monoisotopic (exact) mass is 469 g/mol. The molecule has 6 heteroatoms. The van der Waals surface area contributed by atoms with Crippen LogP contribution in [0.5, 0.6) is 0 Å². The molecule has 0 spiro atoms. The first kappa shape index (κ1) is 23.3. The number of piperidine rings is 1. The van der Waals surface area contributed by atoms with Gasteiger partial charge in [0.05, 0.1) is 10.9 Å². The summed E-state index contributed by atoms with van der Waals surface area (Å²) in [7, 11) is 0. The molecule has 3 aromatic carbocycles. The molecular formula is C29H31N3O3. The van der Waals surface area contributed by atoms with Crippen molar-refractivity contribution in [3.63, 3.8) is 0 Å². The fourth-order valence-corrected chi connectivity index (χ4v) is 5.51. The van der Waals surface area contributed by atoms with Crippen LogP contribution in [0.1, 0.15) is 30.4 Å². The van der Waals surface area contributed by atoms with Crippen LogP contribution in [-0.4, -0.2) is 39.2 Å². The van der Waals surface area contributed by atoms with E-state index in [9.17, 15) is 14.7 Å². The molecule has 1 fully saturated rings. The average molecular weight is 470 g/mol. The maximum atomic E-state index is 12.4. The van der Waals surface area contributed by atoms with E-state index in [4.69, 9.17) is 0 Å². The summed E-state index contributed by atoms with van der Waals surface area (Å²) in [6.45, 7) is 3.21.